The predicted octanol–water partition coefficient (Wildman–Crippen LogP) is 2.46. The largest absolute Gasteiger partial charge is 0.493 e. The second kappa shape index (κ2) is 6.25. The van der Waals surface area contributed by atoms with Crippen molar-refractivity contribution in [2.24, 2.45) is 5.92 Å². The zero-order valence-corrected chi connectivity index (χ0v) is 13.2. The highest BCUT2D eigenvalue weighted by atomic mass is 16.5. The molecule has 22 heavy (non-hydrogen) atoms. The number of benzene rings is 1. The zero-order valence-electron chi connectivity index (χ0n) is 13.2. The summed E-state index contributed by atoms with van der Waals surface area (Å²) in [5.41, 5.74) is 1.26. The molecule has 6 nitrogen and oxygen atoms in total. The first kappa shape index (κ1) is 14.7. The maximum absolute atomic E-state index is 5.50. The lowest BCUT2D eigenvalue weighted by Crippen LogP contribution is -2.20. The fourth-order valence-corrected chi connectivity index (χ4v) is 2.93. The maximum Gasteiger partial charge on any atom is 0.318 e. The Hall–Kier alpha value is -2.24. The van der Waals surface area contributed by atoms with E-state index in [0.717, 1.165) is 37.4 Å². The first-order valence-corrected chi connectivity index (χ1v) is 7.45. The van der Waals surface area contributed by atoms with Gasteiger partial charge in [-0.25, -0.2) is 0 Å². The number of hydrogen-bond acceptors (Lipinski definition) is 6. The molecule has 6 heteroatoms. The molecule has 1 aliphatic heterocycles. The van der Waals surface area contributed by atoms with Gasteiger partial charge in [-0.1, -0.05) is 11.2 Å². The fraction of sp³-hybridized carbons (Fsp3) is 0.500. The van der Waals surface area contributed by atoms with Crippen molar-refractivity contribution < 1.29 is 13.9 Å². The Labute approximate surface area is 130 Å². The van der Waals surface area contributed by atoms with E-state index < -0.39 is 0 Å². The quantitative estimate of drug-likeness (QED) is 0.845. The van der Waals surface area contributed by atoms with Crippen molar-refractivity contribution in [3.05, 3.63) is 29.7 Å². The molecule has 0 saturated carbocycles. The fourth-order valence-electron chi connectivity index (χ4n) is 2.93. The highest BCUT2D eigenvalue weighted by molar-refractivity contribution is 5.43. The first-order chi connectivity index (χ1) is 10.7. The highest BCUT2D eigenvalue weighted by Crippen LogP contribution is 2.30. The van der Waals surface area contributed by atoms with Crippen LogP contribution in [0.2, 0.25) is 0 Å². The van der Waals surface area contributed by atoms with Gasteiger partial charge in [0.15, 0.2) is 11.5 Å². The van der Waals surface area contributed by atoms with Gasteiger partial charge in [0.2, 0.25) is 5.89 Å². The van der Waals surface area contributed by atoms with Crippen molar-refractivity contribution in [3.63, 3.8) is 0 Å². The molecule has 0 amide bonds. The molecule has 2 aromatic rings. The summed E-state index contributed by atoms with van der Waals surface area (Å²) in [6, 6.07) is 6.74. The normalized spacial score (nSPS) is 17.8. The van der Waals surface area contributed by atoms with Crippen molar-refractivity contribution in [1.82, 2.24) is 10.2 Å². The number of anilines is 1. The lowest BCUT2D eigenvalue weighted by atomic mass is 9.98. The molecule has 1 aliphatic rings. The van der Waals surface area contributed by atoms with Crippen LogP contribution in [0.5, 0.6) is 11.5 Å². The molecule has 3 rings (SSSR count). The molecule has 0 N–H and O–H groups in total. The van der Waals surface area contributed by atoms with Gasteiger partial charge in [0.25, 0.3) is 0 Å². The third kappa shape index (κ3) is 3.00. The van der Waals surface area contributed by atoms with Gasteiger partial charge >= 0.3 is 6.01 Å². The summed E-state index contributed by atoms with van der Waals surface area (Å²) in [6.07, 6.45) is 2.12. The topological polar surface area (TPSA) is 60.6 Å². The molecule has 0 aliphatic carbocycles. The standard InChI is InChI=1S/C16H21N3O3/c1-11-17-18-16(22-11)19-7-6-13(10-19)8-12-4-5-14(20-2)15(9-12)21-3/h4-5,9,13H,6-8,10H2,1-3H3. The van der Waals surface area contributed by atoms with E-state index in [1.165, 1.54) is 5.56 Å². The van der Waals surface area contributed by atoms with E-state index >= 15 is 0 Å². The number of aryl methyl sites for hydroxylation is 1. The van der Waals surface area contributed by atoms with Gasteiger partial charge in [0.05, 0.1) is 14.2 Å². The second-order valence-electron chi connectivity index (χ2n) is 5.60. The Balaban J connectivity index is 1.65. The Kier molecular flexibility index (Phi) is 4.18. The monoisotopic (exact) mass is 303 g/mol. The lowest BCUT2D eigenvalue weighted by molar-refractivity contribution is 0.354. The van der Waals surface area contributed by atoms with Crippen LogP contribution in [0.25, 0.3) is 0 Å². The van der Waals surface area contributed by atoms with Crippen LogP contribution in [0.3, 0.4) is 0 Å². The van der Waals surface area contributed by atoms with Gasteiger partial charge in [0, 0.05) is 20.0 Å². The molecule has 1 atom stereocenters. The van der Waals surface area contributed by atoms with Crippen molar-refractivity contribution >= 4 is 6.01 Å². The number of hydrogen-bond donors (Lipinski definition) is 0. The molecule has 1 aromatic carbocycles. The van der Waals surface area contributed by atoms with Crippen LogP contribution in [0.15, 0.2) is 22.6 Å². The number of nitrogens with zero attached hydrogens (tertiary/aromatic N) is 3. The average Bonchev–Trinajstić information content (AvgIpc) is 3.16. The van der Waals surface area contributed by atoms with Crippen LogP contribution < -0.4 is 14.4 Å². The third-order valence-corrected chi connectivity index (χ3v) is 4.04. The van der Waals surface area contributed by atoms with Crippen LogP contribution in [0.1, 0.15) is 17.9 Å². The Morgan fingerprint density at radius 1 is 1.23 bits per heavy atom. The minimum absolute atomic E-state index is 0.574. The van der Waals surface area contributed by atoms with Gasteiger partial charge in [-0.3, -0.25) is 0 Å². The minimum atomic E-state index is 0.574. The van der Waals surface area contributed by atoms with Gasteiger partial charge in [-0.05, 0) is 36.5 Å². The molecule has 1 saturated heterocycles. The van der Waals surface area contributed by atoms with E-state index in [2.05, 4.69) is 27.2 Å². The molecule has 0 bridgehead atoms. The first-order valence-electron chi connectivity index (χ1n) is 7.45. The Morgan fingerprint density at radius 3 is 2.73 bits per heavy atom. The molecule has 2 heterocycles. The molecule has 118 valence electrons. The van der Waals surface area contributed by atoms with Crippen molar-refractivity contribution in [3.8, 4) is 11.5 Å². The van der Waals surface area contributed by atoms with E-state index in [-0.39, 0.29) is 0 Å². The molecule has 0 radical (unpaired) electrons. The van der Waals surface area contributed by atoms with E-state index in [1.54, 1.807) is 14.2 Å². The van der Waals surface area contributed by atoms with Crippen LogP contribution in [0, 0.1) is 12.8 Å². The number of ether oxygens (including phenoxy) is 2. The van der Waals surface area contributed by atoms with E-state index in [4.69, 9.17) is 13.9 Å². The van der Waals surface area contributed by atoms with Crippen LogP contribution in [-0.2, 0) is 6.42 Å². The summed E-state index contributed by atoms with van der Waals surface area (Å²) in [5, 5.41) is 7.99. The van der Waals surface area contributed by atoms with E-state index in [9.17, 15) is 0 Å². The molecule has 1 fully saturated rings. The second-order valence-corrected chi connectivity index (χ2v) is 5.60. The lowest BCUT2D eigenvalue weighted by Gasteiger charge is -2.14. The Morgan fingerprint density at radius 2 is 2.05 bits per heavy atom. The molecular formula is C16H21N3O3. The number of methoxy groups -OCH3 is 2. The van der Waals surface area contributed by atoms with Gasteiger partial charge in [-0.2, -0.15) is 0 Å². The van der Waals surface area contributed by atoms with Crippen molar-refractivity contribution in [1.29, 1.82) is 0 Å². The third-order valence-electron chi connectivity index (χ3n) is 4.04. The van der Waals surface area contributed by atoms with E-state index in [0.29, 0.717) is 17.8 Å². The molecule has 1 unspecified atom stereocenters. The summed E-state index contributed by atoms with van der Waals surface area (Å²) < 4.78 is 16.1. The van der Waals surface area contributed by atoms with E-state index in [1.807, 2.05) is 13.0 Å². The average molecular weight is 303 g/mol. The van der Waals surface area contributed by atoms with Gasteiger partial charge in [-0.15, -0.1) is 5.10 Å². The number of aromatic nitrogens is 2. The van der Waals surface area contributed by atoms with Gasteiger partial charge < -0.3 is 18.8 Å². The molecular weight excluding hydrogens is 282 g/mol. The highest BCUT2D eigenvalue weighted by Gasteiger charge is 2.26. The van der Waals surface area contributed by atoms with Crippen molar-refractivity contribution in [2.45, 2.75) is 19.8 Å². The van der Waals surface area contributed by atoms with Crippen LogP contribution in [0.4, 0.5) is 6.01 Å². The smallest absolute Gasteiger partial charge is 0.318 e. The minimum Gasteiger partial charge on any atom is -0.493 e. The van der Waals surface area contributed by atoms with Gasteiger partial charge in [0.1, 0.15) is 0 Å². The summed E-state index contributed by atoms with van der Waals surface area (Å²) >= 11 is 0. The molecule has 1 aromatic heterocycles. The summed E-state index contributed by atoms with van der Waals surface area (Å²) in [6.45, 7) is 3.71. The summed E-state index contributed by atoms with van der Waals surface area (Å²) in [5.74, 6) is 2.73. The SMILES string of the molecule is COc1ccc(CC2CCN(c3nnc(C)o3)C2)cc1OC. The zero-order chi connectivity index (χ0) is 15.5. The van der Waals surface area contributed by atoms with Crippen LogP contribution >= 0.6 is 0 Å². The molecule has 0 spiro atoms. The number of rotatable bonds is 5. The van der Waals surface area contributed by atoms with Crippen LogP contribution in [-0.4, -0.2) is 37.5 Å². The van der Waals surface area contributed by atoms with Crippen molar-refractivity contribution in [2.75, 3.05) is 32.2 Å². The predicted molar refractivity (Wildman–Crippen MR) is 82.6 cm³/mol. The Bertz CT molecular complexity index is 641. The summed E-state index contributed by atoms with van der Waals surface area (Å²) in [7, 11) is 3.32. The summed E-state index contributed by atoms with van der Waals surface area (Å²) in [4.78, 5) is 2.16. The maximum atomic E-state index is 5.50.